The smallest absolute Gasteiger partial charge is 0.398 e. The maximum Gasteiger partial charge on any atom is 0.525 e. The number of hydrogen-bond donors (Lipinski definition) is 0. The lowest BCUT2D eigenvalue weighted by atomic mass is 9.72. The van der Waals surface area contributed by atoms with Gasteiger partial charge in [-0.1, -0.05) is 11.8 Å². The molecule has 0 radical (unpaired) electrons. The molecule has 1 aromatic heterocycles. The fourth-order valence-corrected chi connectivity index (χ4v) is 3.38. The number of rotatable bonds is 3. The van der Waals surface area contributed by atoms with Crippen molar-refractivity contribution in [3.05, 3.63) is 17.1 Å². The molecule has 0 aromatic carbocycles. The third-order valence-corrected chi connectivity index (χ3v) is 5.92. The predicted molar refractivity (Wildman–Crippen MR) is 89.0 cm³/mol. The van der Waals surface area contributed by atoms with Crippen LogP contribution in [0.5, 0.6) is 0 Å². The number of nitrogens with zero attached hydrogens (tertiary/aromatic N) is 3. The maximum atomic E-state index is 14.7. The Hall–Kier alpha value is -0.855. The molecule has 2 heterocycles. The molecule has 5 nitrogen and oxygen atoms in total. The van der Waals surface area contributed by atoms with Gasteiger partial charge >= 0.3 is 7.12 Å². The highest BCUT2D eigenvalue weighted by molar-refractivity contribution is 7.98. The van der Waals surface area contributed by atoms with Gasteiger partial charge in [-0.05, 0) is 52.4 Å². The van der Waals surface area contributed by atoms with E-state index in [0.29, 0.717) is 12.8 Å². The van der Waals surface area contributed by atoms with Gasteiger partial charge in [0.1, 0.15) is 11.6 Å². The van der Waals surface area contributed by atoms with Crippen LogP contribution in [-0.2, 0) is 16.4 Å². The van der Waals surface area contributed by atoms with Crippen molar-refractivity contribution in [1.29, 1.82) is 0 Å². The average molecular weight is 339 g/mol. The minimum absolute atomic E-state index is 0.219. The molecule has 8 heteroatoms. The molecule has 1 aliphatic heterocycles. The maximum absolute atomic E-state index is 14.7. The van der Waals surface area contributed by atoms with Gasteiger partial charge in [-0.3, -0.25) is 0 Å². The van der Waals surface area contributed by atoms with Crippen molar-refractivity contribution in [3.8, 4) is 0 Å². The summed E-state index contributed by atoms with van der Waals surface area (Å²) >= 11 is 1.56. The van der Waals surface area contributed by atoms with Crippen molar-refractivity contribution in [2.45, 2.75) is 62.8 Å². The van der Waals surface area contributed by atoms with Gasteiger partial charge in [0.25, 0.3) is 0 Å². The number of allylic oxidation sites excluding steroid dienone is 1. The number of aromatic nitrogens is 3. The summed E-state index contributed by atoms with van der Waals surface area (Å²) in [5.74, 6) is 1.14. The van der Waals surface area contributed by atoms with E-state index in [1.165, 1.54) is 0 Å². The monoisotopic (exact) mass is 339 g/mol. The third-order valence-electron chi connectivity index (χ3n) is 5.20. The van der Waals surface area contributed by atoms with E-state index in [9.17, 15) is 4.39 Å². The third kappa shape index (κ3) is 2.74. The van der Waals surface area contributed by atoms with Gasteiger partial charge in [0.2, 0.25) is 0 Å². The average Bonchev–Trinajstić information content (AvgIpc) is 2.86. The molecule has 1 saturated heterocycles. The first-order chi connectivity index (χ1) is 10.7. The second kappa shape index (κ2) is 5.60. The summed E-state index contributed by atoms with van der Waals surface area (Å²) in [6.07, 6.45) is 3.27. The van der Waals surface area contributed by atoms with Crippen molar-refractivity contribution in [1.82, 2.24) is 14.8 Å². The molecule has 23 heavy (non-hydrogen) atoms. The van der Waals surface area contributed by atoms with Crippen LogP contribution in [0.4, 0.5) is 4.39 Å². The van der Waals surface area contributed by atoms with E-state index in [4.69, 9.17) is 9.31 Å². The first-order valence-electron chi connectivity index (χ1n) is 7.82. The zero-order valence-corrected chi connectivity index (χ0v) is 15.3. The van der Waals surface area contributed by atoms with Gasteiger partial charge in [-0.15, -0.1) is 10.2 Å². The summed E-state index contributed by atoms with van der Waals surface area (Å²) in [5.41, 5.74) is -0.542. The molecule has 2 aliphatic rings. The Bertz CT molecular complexity index is 635. The molecule has 0 spiro atoms. The molecule has 1 aliphatic carbocycles. The molecule has 2 fully saturated rings. The summed E-state index contributed by atoms with van der Waals surface area (Å²) in [6.45, 7) is 7.71. The van der Waals surface area contributed by atoms with E-state index in [0.717, 1.165) is 16.6 Å². The quantitative estimate of drug-likeness (QED) is 0.625. The first-order valence-corrected chi connectivity index (χ1v) is 9.05. The Morgan fingerprint density at radius 1 is 1.22 bits per heavy atom. The van der Waals surface area contributed by atoms with E-state index < -0.39 is 18.3 Å². The molecule has 0 atom stereocenters. The number of hydrogen-bond acceptors (Lipinski definition) is 5. The molecule has 3 rings (SSSR count). The van der Waals surface area contributed by atoms with E-state index >= 15 is 0 Å². The van der Waals surface area contributed by atoms with Gasteiger partial charge in [0.15, 0.2) is 5.16 Å². The Morgan fingerprint density at radius 3 is 2.26 bits per heavy atom. The van der Waals surface area contributed by atoms with Crippen molar-refractivity contribution in [2.24, 2.45) is 7.05 Å². The van der Waals surface area contributed by atoms with Crippen molar-refractivity contribution in [3.63, 3.8) is 0 Å². The molecule has 1 saturated carbocycles. The van der Waals surface area contributed by atoms with Crippen LogP contribution in [0.2, 0.25) is 0 Å². The van der Waals surface area contributed by atoms with Crippen LogP contribution in [0.15, 0.2) is 16.5 Å². The van der Waals surface area contributed by atoms with E-state index in [-0.39, 0.29) is 11.6 Å². The number of thioether (sulfide) groups is 1. The molecule has 0 N–H and O–H groups in total. The van der Waals surface area contributed by atoms with Crippen LogP contribution in [0.1, 0.15) is 52.3 Å². The molecule has 1 aromatic rings. The lowest BCUT2D eigenvalue weighted by Crippen LogP contribution is -2.41. The van der Waals surface area contributed by atoms with Crippen molar-refractivity contribution in [2.75, 3.05) is 6.26 Å². The summed E-state index contributed by atoms with van der Waals surface area (Å²) in [4.78, 5) is 0. The van der Waals surface area contributed by atoms with Crippen molar-refractivity contribution < 1.29 is 13.7 Å². The largest absolute Gasteiger partial charge is 0.525 e. The van der Waals surface area contributed by atoms with Gasteiger partial charge in [-0.2, -0.15) is 0 Å². The van der Waals surface area contributed by atoms with E-state index in [2.05, 4.69) is 10.2 Å². The minimum atomic E-state index is -0.891. The summed E-state index contributed by atoms with van der Waals surface area (Å²) in [5, 5.41) is 9.25. The SMILES string of the molecule is CSc1nnc(C2CC(=C(F)B3OC(C)(C)C(C)(C)O3)C2)n1C. The standard InChI is InChI=1S/C15H23BFN3O2S/c1-14(2)15(3,4)22-16(21-14)11(17)9-7-10(8-9)12-18-19-13(23-6)20(12)5/h10H,7-8H2,1-6H3. The first kappa shape index (κ1) is 17.0. The minimum Gasteiger partial charge on any atom is -0.398 e. The molecular formula is C15H23BFN3O2S. The zero-order valence-electron chi connectivity index (χ0n) is 14.5. The Kier molecular flexibility index (Phi) is 4.14. The van der Waals surface area contributed by atoms with Crippen LogP contribution in [0, 0.1) is 0 Å². The lowest BCUT2D eigenvalue weighted by Gasteiger charge is -2.32. The zero-order chi connectivity index (χ0) is 17.0. The fraction of sp³-hybridized carbons (Fsp3) is 0.733. The topological polar surface area (TPSA) is 49.2 Å². The highest BCUT2D eigenvalue weighted by atomic mass is 32.2. The molecular weight excluding hydrogens is 316 g/mol. The van der Waals surface area contributed by atoms with E-state index in [1.807, 2.05) is 45.6 Å². The predicted octanol–water partition coefficient (Wildman–Crippen LogP) is 3.27. The molecule has 0 amide bonds. The Labute approximate surface area is 141 Å². The van der Waals surface area contributed by atoms with E-state index in [1.54, 1.807) is 11.8 Å². The second-order valence-electron chi connectivity index (χ2n) is 7.25. The van der Waals surface area contributed by atoms with Crippen LogP contribution < -0.4 is 0 Å². The van der Waals surface area contributed by atoms with Crippen LogP contribution in [0.25, 0.3) is 0 Å². The summed E-state index contributed by atoms with van der Waals surface area (Å²) in [6, 6.07) is 0. The Balaban J connectivity index is 1.70. The molecule has 126 valence electrons. The summed E-state index contributed by atoms with van der Waals surface area (Å²) < 4.78 is 28.2. The lowest BCUT2D eigenvalue weighted by molar-refractivity contribution is 0.00578. The van der Waals surface area contributed by atoms with Crippen LogP contribution >= 0.6 is 11.8 Å². The second-order valence-corrected chi connectivity index (χ2v) is 8.02. The van der Waals surface area contributed by atoms with Crippen molar-refractivity contribution >= 4 is 18.9 Å². The highest BCUT2D eigenvalue weighted by Gasteiger charge is 2.54. The van der Waals surface area contributed by atoms with Gasteiger partial charge in [0.05, 0.1) is 11.2 Å². The summed E-state index contributed by atoms with van der Waals surface area (Å²) in [7, 11) is 1.06. The molecule has 0 unspecified atom stereocenters. The number of halogens is 1. The van der Waals surface area contributed by atoms with Crippen LogP contribution in [-0.4, -0.2) is 39.3 Å². The highest BCUT2D eigenvalue weighted by Crippen LogP contribution is 2.46. The normalized spacial score (nSPS) is 25.6. The van der Waals surface area contributed by atoms with Gasteiger partial charge in [-0.25, -0.2) is 4.39 Å². The van der Waals surface area contributed by atoms with Gasteiger partial charge < -0.3 is 13.9 Å². The van der Waals surface area contributed by atoms with Gasteiger partial charge in [0, 0.05) is 13.0 Å². The van der Waals surface area contributed by atoms with Crippen LogP contribution in [0.3, 0.4) is 0 Å². The fourth-order valence-electron chi connectivity index (χ4n) is 2.89. The Morgan fingerprint density at radius 2 is 1.78 bits per heavy atom. The molecule has 0 bridgehead atoms.